The first-order valence-corrected chi connectivity index (χ1v) is 14.4. The van der Waals surface area contributed by atoms with Crippen molar-refractivity contribution in [2.45, 2.75) is 16.6 Å². The van der Waals surface area contributed by atoms with Crippen LogP contribution in [-0.4, -0.2) is 88.6 Å². The Morgan fingerprint density at radius 3 is 2.83 bits per heavy atom. The molecule has 6 N–H and O–H groups in total. The highest BCUT2D eigenvalue weighted by Crippen LogP contribution is 2.41. The monoisotopic (exact) mass is 620 g/mol. The number of aliphatic carboxylic acids is 2. The Balaban J connectivity index is 1.33. The van der Waals surface area contributed by atoms with Gasteiger partial charge in [0.2, 0.25) is 12.4 Å². The second kappa shape index (κ2) is 11.2. The molecule has 5 heterocycles. The molecular formula is C21H20N10O7S3. The van der Waals surface area contributed by atoms with Crippen molar-refractivity contribution in [1.82, 2.24) is 29.9 Å². The number of aromatic nitrogens is 5. The Kier molecular flexibility index (Phi) is 7.69. The van der Waals surface area contributed by atoms with E-state index in [1.807, 2.05) is 0 Å². The average Bonchev–Trinajstić information content (AvgIpc) is 3.52. The van der Waals surface area contributed by atoms with E-state index in [0.29, 0.717) is 16.4 Å². The highest BCUT2D eigenvalue weighted by molar-refractivity contribution is 8.01. The molecule has 2 aliphatic rings. The van der Waals surface area contributed by atoms with Gasteiger partial charge in [-0.2, -0.15) is 0 Å². The summed E-state index contributed by atoms with van der Waals surface area (Å²) < 4.78 is 3.31. The second-order valence-corrected chi connectivity index (χ2v) is 11.5. The number of nitrogens with zero attached hydrogens (tertiary/aromatic N) is 7. The maximum Gasteiger partial charge on any atom is 0.344 e. The molecule has 1 fully saturated rings. The number of oxime groups is 1. The number of hydrogen-bond donors (Lipinski definition) is 4. The van der Waals surface area contributed by atoms with Crippen molar-refractivity contribution in [3.05, 3.63) is 34.7 Å². The number of carbonyl (C=O) groups is 4. The van der Waals surface area contributed by atoms with Crippen molar-refractivity contribution in [2.24, 2.45) is 12.2 Å². The minimum absolute atomic E-state index is 0.0139. The van der Waals surface area contributed by atoms with Crippen LogP contribution in [0.25, 0.3) is 5.65 Å². The molecule has 0 bridgehead atoms. The van der Waals surface area contributed by atoms with Crippen LogP contribution in [-0.2, 0) is 31.1 Å². The van der Waals surface area contributed by atoms with E-state index in [4.69, 9.17) is 21.4 Å². The summed E-state index contributed by atoms with van der Waals surface area (Å²) in [6.45, 7) is -0.818. The van der Waals surface area contributed by atoms with Gasteiger partial charge in [-0.25, -0.2) is 14.3 Å². The molecule has 3 aromatic rings. The number of amides is 2. The number of carboxylic acid groups (broad SMARTS) is 2. The van der Waals surface area contributed by atoms with Crippen molar-refractivity contribution in [2.75, 3.05) is 29.6 Å². The number of anilines is 2. The third kappa shape index (κ3) is 5.47. The van der Waals surface area contributed by atoms with E-state index in [2.05, 4.69) is 25.5 Å². The minimum atomic E-state index is -1.54. The standard InChI is InChI=1S/C21H20N10O7S3/c1-29-7-24-31-11(29)2-10(22)26-21(31)41-5-8-4-39-18-14(17(35)30(18)15(8)19(36)37)27-16(34)13(28-38-3-12(32)33)9-6-40-20(23)25-9/h2,6-7,14,18,22H,3-5H2,1H3,(H5,23,25,27,32,33,34,36,37)/b28-13-/t14?,18-/m0/s1. The number of hydrogen-bond acceptors (Lipinski definition) is 15. The van der Waals surface area contributed by atoms with Crippen LogP contribution in [0.1, 0.15) is 5.69 Å². The first-order chi connectivity index (χ1) is 19.5. The van der Waals surface area contributed by atoms with E-state index < -0.39 is 47.5 Å². The Morgan fingerprint density at radius 1 is 1.37 bits per heavy atom. The summed E-state index contributed by atoms with van der Waals surface area (Å²) in [6, 6.07) is 0.547. The fraction of sp³-hybridized carbons (Fsp3) is 0.286. The van der Waals surface area contributed by atoms with E-state index in [-0.39, 0.29) is 33.8 Å². The molecule has 2 amide bonds. The molecule has 2 aliphatic heterocycles. The summed E-state index contributed by atoms with van der Waals surface area (Å²) >= 11 is 3.46. The second-order valence-electron chi connectivity index (χ2n) is 8.54. The van der Waals surface area contributed by atoms with Crippen LogP contribution in [0.5, 0.6) is 0 Å². The van der Waals surface area contributed by atoms with Crippen molar-refractivity contribution in [1.29, 1.82) is 0 Å². The van der Waals surface area contributed by atoms with Crippen LogP contribution in [0, 0.1) is 0 Å². The van der Waals surface area contributed by atoms with Crippen LogP contribution in [0.3, 0.4) is 0 Å². The molecule has 3 aromatic heterocycles. The zero-order valence-electron chi connectivity index (χ0n) is 20.9. The Bertz CT molecular complexity index is 1650. The normalized spacial score (nSPS) is 18.7. The van der Waals surface area contributed by atoms with Gasteiger partial charge in [0.25, 0.3) is 17.5 Å². The Morgan fingerprint density at radius 2 is 2.15 bits per heavy atom. The van der Waals surface area contributed by atoms with Crippen molar-refractivity contribution in [3.63, 3.8) is 0 Å². The quantitative estimate of drug-likeness (QED) is 0.0446. The van der Waals surface area contributed by atoms with Gasteiger partial charge in [-0.05, 0) is 17.3 Å². The first kappa shape index (κ1) is 28.1. The molecule has 1 saturated heterocycles. The number of aryl methyl sites for hydroxylation is 1. The van der Waals surface area contributed by atoms with Gasteiger partial charge in [-0.1, -0.05) is 19.8 Å². The van der Waals surface area contributed by atoms with Crippen molar-refractivity contribution in [3.8, 4) is 0 Å². The van der Waals surface area contributed by atoms with Gasteiger partial charge in [0.05, 0.1) is 24.8 Å². The molecule has 5 rings (SSSR count). The zero-order chi connectivity index (χ0) is 29.4. The molecule has 20 heteroatoms. The van der Waals surface area contributed by atoms with E-state index in [9.17, 15) is 24.3 Å². The van der Waals surface area contributed by atoms with Gasteiger partial charge < -0.3 is 36.6 Å². The Labute approximate surface area is 242 Å². The molecule has 1 unspecified atom stereocenters. The molecule has 0 radical (unpaired) electrons. The fourth-order valence-electron chi connectivity index (χ4n) is 4.02. The van der Waals surface area contributed by atoms with Gasteiger partial charge in [-0.15, -0.1) is 23.1 Å². The molecule has 0 spiro atoms. The lowest BCUT2D eigenvalue weighted by Crippen LogP contribution is -2.71. The van der Waals surface area contributed by atoms with E-state index in [0.717, 1.165) is 16.2 Å². The predicted octanol–water partition coefficient (Wildman–Crippen LogP) is -2.82. The van der Waals surface area contributed by atoms with Crippen LogP contribution < -0.4 is 26.4 Å². The number of nitrogens with two attached hydrogens (primary N) is 2. The number of nitrogens with one attached hydrogen (secondary N) is 1. The zero-order valence-corrected chi connectivity index (χ0v) is 23.4. The van der Waals surface area contributed by atoms with Gasteiger partial charge in [0.1, 0.15) is 17.1 Å². The summed E-state index contributed by atoms with van der Waals surface area (Å²) in [7, 11) is 1.79. The largest absolute Gasteiger partial charge is 0.543 e. The molecule has 41 heavy (non-hydrogen) atoms. The van der Waals surface area contributed by atoms with Gasteiger partial charge in [0.15, 0.2) is 17.2 Å². The first-order valence-electron chi connectivity index (χ1n) is 11.5. The van der Waals surface area contributed by atoms with Crippen LogP contribution in [0.15, 0.2) is 39.4 Å². The number of β-lactam (4-membered cyclic amide) rings is 1. The number of nitrogen functional groups attached to an aromatic ring is 2. The molecule has 0 saturated carbocycles. The molecule has 2 atom stereocenters. The van der Waals surface area contributed by atoms with Crippen LogP contribution in [0.4, 0.5) is 10.9 Å². The molecule has 214 valence electrons. The lowest BCUT2D eigenvalue weighted by Gasteiger charge is -2.50. The third-order valence-corrected chi connectivity index (χ3v) is 8.86. The van der Waals surface area contributed by atoms with Crippen LogP contribution >= 0.6 is 34.9 Å². The summed E-state index contributed by atoms with van der Waals surface area (Å²) in [5.74, 6) is -3.78. The highest BCUT2D eigenvalue weighted by atomic mass is 32.2. The van der Waals surface area contributed by atoms with Gasteiger partial charge >= 0.3 is 11.1 Å². The number of fused-ring (bicyclic) bond motifs is 2. The number of carbonyl (C=O) groups excluding carboxylic acids is 3. The third-order valence-electron chi connectivity index (χ3n) is 5.83. The highest BCUT2D eigenvalue weighted by Gasteiger charge is 2.53. The summed E-state index contributed by atoms with van der Waals surface area (Å²) in [6.07, 6.45) is 1.58. The van der Waals surface area contributed by atoms with Gasteiger partial charge in [-0.3, -0.25) is 14.5 Å². The average molecular weight is 621 g/mol. The summed E-state index contributed by atoms with van der Waals surface area (Å²) in [5, 5.41) is 32.5. The molecule has 0 aromatic carbocycles. The number of rotatable bonds is 10. The summed E-state index contributed by atoms with van der Waals surface area (Å²) in [5.41, 5.74) is 12.0. The van der Waals surface area contributed by atoms with E-state index >= 15 is 0 Å². The van der Waals surface area contributed by atoms with Crippen LogP contribution in [0.2, 0.25) is 0 Å². The number of thioether (sulfide) groups is 2. The van der Waals surface area contributed by atoms with Crippen molar-refractivity contribution < 1.29 is 38.7 Å². The molecule has 0 aliphatic carbocycles. The topological polar surface area (TPSA) is 248 Å². The van der Waals surface area contributed by atoms with Gasteiger partial charge in [0, 0.05) is 16.9 Å². The predicted molar refractivity (Wildman–Crippen MR) is 143 cm³/mol. The van der Waals surface area contributed by atoms with Crippen molar-refractivity contribution >= 4 is 80.9 Å². The number of thiazole rings is 1. The SMILES string of the molecule is Cn1cn[n+]2c(SCC3=C(C(=O)[O-])N4C(=O)C(NC(=O)/C(=N\OCC(=O)O)c5csc(N)n5)[C@@H]4SC3)nc(N)cc12. The minimum Gasteiger partial charge on any atom is -0.543 e. The maximum absolute atomic E-state index is 13.1. The lowest BCUT2D eigenvalue weighted by molar-refractivity contribution is -0.622. The number of carboxylic acids is 2. The lowest BCUT2D eigenvalue weighted by atomic mass is 10.0. The van der Waals surface area contributed by atoms with E-state index in [1.165, 1.54) is 28.9 Å². The summed E-state index contributed by atoms with van der Waals surface area (Å²) in [4.78, 5) is 63.1. The van der Waals surface area contributed by atoms with E-state index in [1.54, 1.807) is 28.5 Å². The fourth-order valence-corrected chi connectivity index (χ4v) is 7.02. The Hall–Kier alpha value is -4.43. The smallest absolute Gasteiger partial charge is 0.344 e. The molecular weight excluding hydrogens is 600 g/mol. The molecule has 17 nitrogen and oxygen atoms in total. The maximum atomic E-state index is 13.1.